The zero-order chi connectivity index (χ0) is 31.9. The van der Waals surface area contributed by atoms with Gasteiger partial charge in [0.15, 0.2) is 0 Å². The second kappa shape index (κ2) is 14.1. The fraction of sp³-hybridized carbons (Fsp3) is 0.375. The summed E-state index contributed by atoms with van der Waals surface area (Å²) in [6.45, 7) is 8.30. The normalized spacial score (nSPS) is 13.2. The monoisotopic (exact) mass is 617 g/mol. The summed E-state index contributed by atoms with van der Waals surface area (Å²) in [7, 11) is -4.50. The lowest BCUT2D eigenvalue weighted by Gasteiger charge is -2.34. The van der Waals surface area contributed by atoms with E-state index in [2.05, 4.69) is 5.32 Å². The minimum Gasteiger partial charge on any atom is -0.352 e. The minimum absolute atomic E-state index is 0.00600. The smallest absolute Gasteiger partial charge is 0.352 e. The molecule has 0 aliphatic rings. The highest BCUT2D eigenvalue weighted by molar-refractivity contribution is 7.92. The van der Waals surface area contributed by atoms with Crippen molar-refractivity contribution in [1.29, 1.82) is 0 Å². The van der Waals surface area contributed by atoms with E-state index < -0.39 is 46.2 Å². The van der Waals surface area contributed by atoms with E-state index in [1.807, 2.05) is 39.0 Å². The molecule has 0 radical (unpaired) electrons. The average molecular weight is 618 g/mol. The quantitative estimate of drug-likeness (QED) is 0.261. The van der Waals surface area contributed by atoms with E-state index in [0.717, 1.165) is 28.8 Å². The van der Waals surface area contributed by atoms with Crippen molar-refractivity contribution in [3.05, 3.63) is 95.1 Å². The highest BCUT2D eigenvalue weighted by Gasteiger charge is 2.36. The number of nitrogens with one attached hydrogen (secondary N) is 1. The first-order chi connectivity index (χ1) is 20.2. The molecule has 0 heterocycles. The van der Waals surface area contributed by atoms with E-state index in [-0.39, 0.29) is 29.6 Å². The van der Waals surface area contributed by atoms with Gasteiger partial charge in [0.25, 0.3) is 10.0 Å². The van der Waals surface area contributed by atoms with Gasteiger partial charge in [0.1, 0.15) is 12.6 Å². The lowest BCUT2D eigenvalue weighted by molar-refractivity contribution is -0.140. The lowest BCUT2D eigenvalue weighted by Crippen LogP contribution is -2.53. The van der Waals surface area contributed by atoms with Crippen LogP contribution in [0.1, 0.15) is 55.9 Å². The molecular formula is C32H38F3N3O4S. The Labute approximate surface area is 251 Å². The van der Waals surface area contributed by atoms with Gasteiger partial charge < -0.3 is 10.2 Å². The summed E-state index contributed by atoms with van der Waals surface area (Å²) in [6, 6.07) is 15.9. The third kappa shape index (κ3) is 8.59. The number of hydrogen-bond acceptors (Lipinski definition) is 4. The van der Waals surface area contributed by atoms with Gasteiger partial charge in [-0.1, -0.05) is 67.4 Å². The molecule has 232 valence electrons. The fourth-order valence-electron chi connectivity index (χ4n) is 4.57. The maximum absolute atomic E-state index is 14.1. The highest BCUT2D eigenvalue weighted by atomic mass is 32.2. The van der Waals surface area contributed by atoms with E-state index in [1.54, 1.807) is 32.0 Å². The summed E-state index contributed by atoms with van der Waals surface area (Å²) in [5.41, 5.74) is 1.04. The second-order valence-corrected chi connectivity index (χ2v) is 12.5. The number of aryl methyl sites for hydroxylation is 2. The van der Waals surface area contributed by atoms with Gasteiger partial charge in [0, 0.05) is 12.6 Å². The van der Waals surface area contributed by atoms with E-state index in [4.69, 9.17) is 0 Å². The van der Waals surface area contributed by atoms with Crippen LogP contribution >= 0.6 is 0 Å². The Morgan fingerprint density at radius 2 is 1.53 bits per heavy atom. The van der Waals surface area contributed by atoms with Crippen LogP contribution in [0.4, 0.5) is 18.9 Å². The van der Waals surface area contributed by atoms with E-state index in [1.165, 1.54) is 23.1 Å². The number of amides is 2. The first-order valence-electron chi connectivity index (χ1n) is 14.1. The first-order valence-corrected chi connectivity index (χ1v) is 15.5. The predicted octanol–water partition coefficient (Wildman–Crippen LogP) is 6.24. The number of hydrogen-bond donors (Lipinski definition) is 1. The summed E-state index contributed by atoms with van der Waals surface area (Å²) in [5.74, 6) is -1.13. The van der Waals surface area contributed by atoms with Crippen molar-refractivity contribution < 1.29 is 31.2 Å². The molecule has 3 aromatic rings. The molecule has 0 unspecified atom stereocenters. The number of sulfonamides is 1. The number of rotatable bonds is 12. The number of nitrogens with zero attached hydrogens (tertiary/aromatic N) is 2. The van der Waals surface area contributed by atoms with E-state index >= 15 is 0 Å². The molecule has 0 fully saturated rings. The summed E-state index contributed by atoms with van der Waals surface area (Å²) in [6.07, 6.45) is -3.85. The van der Waals surface area contributed by atoms with Gasteiger partial charge in [-0.05, 0) is 69.5 Å². The van der Waals surface area contributed by atoms with Crippen LogP contribution in [0.15, 0.2) is 77.7 Å². The Bertz CT molecular complexity index is 1530. The highest BCUT2D eigenvalue weighted by Crippen LogP contribution is 2.33. The summed E-state index contributed by atoms with van der Waals surface area (Å²) in [4.78, 5) is 28.6. The van der Waals surface area contributed by atoms with Crippen molar-refractivity contribution in [1.82, 2.24) is 10.2 Å². The van der Waals surface area contributed by atoms with Crippen molar-refractivity contribution in [2.24, 2.45) is 0 Å². The predicted molar refractivity (Wildman–Crippen MR) is 161 cm³/mol. The molecule has 43 heavy (non-hydrogen) atoms. The Kier molecular flexibility index (Phi) is 11.0. The largest absolute Gasteiger partial charge is 0.416 e. The number of halogens is 3. The van der Waals surface area contributed by atoms with Crippen LogP contribution in [0.25, 0.3) is 0 Å². The third-order valence-corrected chi connectivity index (χ3v) is 8.96. The zero-order valence-corrected chi connectivity index (χ0v) is 25.8. The average Bonchev–Trinajstić information content (AvgIpc) is 2.95. The number of carbonyl (C=O) groups is 2. The molecule has 0 aliphatic carbocycles. The summed E-state index contributed by atoms with van der Waals surface area (Å²) in [5, 5.41) is 2.89. The van der Waals surface area contributed by atoms with E-state index in [9.17, 15) is 31.2 Å². The second-order valence-electron chi connectivity index (χ2n) is 10.6. The van der Waals surface area contributed by atoms with Gasteiger partial charge in [0.2, 0.25) is 11.8 Å². The molecule has 11 heteroatoms. The van der Waals surface area contributed by atoms with Crippen LogP contribution in [-0.4, -0.2) is 43.8 Å². The van der Waals surface area contributed by atoms with Crippen LogP contribution in [0.5, 0.6) is 0 Å². The van der Waals surface area contributed by atoms with Crippen molar-refractivity contribution in [3.8, 4) is 0 Å². The molecular weight excluding hydrogens is 579 g/mol. The molecule has 2 amide bonds. The zero-order valence-electron chi connectivity index (χ0n) is 25.0. The van der Waals surface area contributed by atoms with Gasteiger partial charge in [-0.25, -0.2) is 8.42 Å². The van der Waals surface area contributed by atoms with Crippen molar-refractivity contribution in [2.75, 3.05) is 10.8 Å². The Morgan fingerprint density at radius 1 is 0.884 bits per heavy atom. The molecule has 3 aromatic carbocycles. The van der Waals surface area contributed by atoms with Crippen molar-refractivity contribution in [3.63, 3.8) is 0 Å². The molecule has 1 N–H and O–H groups in total. The Morgan fingerprint density at radius 3 is 2.12 bits per heavy atom. The van der Waals surface area contributed by atoms with Crippen molar-refractivity contribution >= 4 is 27.5 Å². The van der Waals surface area contributed by atoms with Crippen molar-refractivity contribution in [2.45, 2.75) is 77.2 Å². The molecule has 2 atom stereocenters. The number of alkyl halides is 3. The van der Waals surface area contributed by atoms with Crippen LogP contribution in [0, 0.1) is 13.8 Å². The first kappa shape index (κ1) is 33.6. The molecule has 0 aliphatic heterocycles. The lowest BCUT2D eigenvalue weighted by atomic mass is 10.1. The number of carbonyl (C=O) groups excluding carboxylic acids is 2. The third-order valence-electron chi connectivity index (χ3n) is 7.17. The SMILES string of the molecule is CC[C@H](C(=O)N[C@@H](C)CC)N(Cc1cccc(C)c1)C(=O)CN(c1cccc(C(F)(F)F)c1)S(=O)(=O)c1ccc(C)cc1. The summed E-state index contributed by atoms with van der Waals surface area (Å²) < 4.78 is 69.5. The maximum Gasteiger partial charge on any atom is 0.416 e. The minimum atomic E-state index is -4.74. The van der Waals surface area contributed by atoms with Gasteiger partial charge in [-0.2, -0.15) is 13.2 Å². The van der Waals surface area contributed by atoms with Crippen LogP contribution in [-0.2, 0) is 32.3 Å². The molecule has 0 spiro atoms. The maximum atomic E-state index is 14.1. The van der Waals surface area contributed by atoms with E-state index in [0.29, 0.717) is 16.8 Å². The molecule has 3 rings (SSSR count). The van der Waals surface area contributed by atoms with Gasteiger partial charge in [-0.3, -0.25) is 13.9 Å². The molecule has 0 aromatic heterocycles. The van der Waals surface area contributed by atoms with Crippen LogP contribution in [0.2, 0.25) is 0 Å². The van der Waals surface area contributed by atoms with Gasteiger partial charge in [-0.15, -0.1) is 0 Å². The summed E-state index contributed by atoms with van der Waals surface area (Å²) >= 11 is 0. The topological polar surface area (TPSA) is 86.8 Å². The molecule has 0 saturated carbocycles. The molecule has 0 bridgehead atoms. The Balaban J connectivity index is 2.12. The standard InChI is InChI=1S/C32H38F3N3O4S/c1-6-24(5)36-31(40)29(7-2)37(20-25-11-8-10-23(4)18-25)30(39)21-38(27-13-9-12-26(19-27)32(33,34)35)43(41,42)28-16-14-22(3)15-17-28/h8-19,24,29H,6-7,20-21H2,1-5H3,(H,36,40)/t24-,29+/m0/s1. The molecule has 0 saturated heterocycles. The van der Waals surface area contributed by atoms with Gasteiger partial charge >= 0.3 is 6.18 Å². The number of anilines is 1. The Hall–Kier alpha value is -3.86. The molecule has 7 nitrogen and oxygen atoms in total. The van der Waals surface area contributed by atoms with Gasteiger partial charge in [0.05, 0.1) is 16.1 Å². The van der Waals surface area contributed by atoms with Crippen LogP contribution < -0.4 is 9.62 Å². The fourth-order valence-corrected chi connectivity index (χ4v) is 5.98. The van der Waals surface area contributed by atoms with Crippen LogP contribution in [0.3, 0.4) is 0 Å². The number of benzene rings is 3.